The molecule has 0 unspecified atom stereocenters. The summed E-state index contributed by atoms with van der Waals surface area (Å²) in [5, 5.41) is 15.3. The summed E-state index contributed by atoms with van der Waals surface area (Å²) in [4.78, 5) is 30.0. The van der Waals surface area contributed by atoms with Gasteiger partial charge in [0.1, 0.15) is 0 Å². The Balaban J connectivity index is -0.0000000910. The van der Waals surface area contributed by atoms with Gasteiger partial charge in [0.15, 0.2) is 0 Å². The molecule has 0 aliphatic rings. The molecule has 9 heteroatoms. The van der Waals surface area contributed by atoms with Crippen molar-refractivity contribution in [2.75, 3.05) is 0 Å². The van der Waals surface area contributed by atoms with Crippen LogP contribution in [0.15, 0.2) is 0 Å². The molecule has 0 aromatic carbocycles. The van der Waals surface area contributed by atoms with Crippen molar-refractivity contribution in [3.05, 3.63) is 0 Å². The van der Waals surface area contributed by atoms with Crippen LogP contribution in [0.1, 0.15) is 0 Å². The van der Waals surface area contributed by atoms with E-state index in [1.54, 1.807) is 0 Å². The first-order chi connectivity index (χ1) is 3.73. The fourth-order valence-corrected chi connectivity index (χ4v) is 0. The van der Waals surface area contributed by atoms with Gasteiger partial charge in [0.2, 0.25) is 6.16 Å². The van der Waals surface area contributed by atoms with Gasteiger partial charge < -0.3 is 29.7 Å². The van der Waals surface area contributed by atoms with E-state index in [1.165, 1.54) is 0 Å². The maximum atomic E-state index is 8.88. The van der Waals surface area contributed by atoms with Crippen LogP contribution in [0.4, 0.5) is 4.79 Å². The second kappa shape index (κ2) is 7.09. The second-order valence-electron chi connectivity index (χ2n) is 0.779. The van der Waals surface area contributed by atoms with Crippen molar-refractivity contribution in [1.82, 2.24) is 0 Å². The molecule has 0 bridgehead atoms. The minimum atomic E-state index is -4.64. The van der Waals surface area contributed by atoms with Crippen LogP contribution in [0.5, 0.6) is 0 Å². The van der Waals surface area contributed by atoms with Gasteiger partial charge in [-0.05, 0) is 0 Å². The van der Waals surface area contributed by atoms with Crippen LogP contribution in [-0.4, -0.2) is 25.9 Å². The Morgan fingerprint density at radius 3 is 1.30 bits per heavy atom. The van der Waals surface area contributed by atoms with Crippen LogP contribution >= 0.6 is 7.82 Å². The molecule has 0 aromatic heterocycles. The number of carbonyl (C=O) groups is 1. The first-order valence-corrected chi connectivity index (χ1v) is 2.98. The predicted molar refractivity (Wildman–Crippen MR) is 22.3 cm³/mol. The molecule has 0 radical (unpaired) electrons. The maximum Gasteiger partial charge on any atom is 1.00 e. The Bertz CT molecular complexity index is 113. The van der Waals surface area contributed by atoms with Crippen molar-refractivity contribution in [2.24, 2.45) is 0 Å². The summed E-state index contributed by atoms with van der Waals surface area (Å²) in [6.45, 7) is 0. The van der Waals surface area contributed by atoms with Gasteiger partial charge in [-0.15, -0.1) is 0 Å². The minimum Gasteiger partial charge on any atom is -0.565 e. The topological polar surface area (TPSA) is 138 Å². The molecule has 0 fully saturated rings. The summed E-state index contributed by atoms with van der Waals surface area (Å²) < 4.78 is 8.88. The fraction of sp³-hybridized carbons (Fsp3) is 0. The van der Waals surface area contributed by atoms with Gasteiger partial charge in [0.05, 0.1) is 0 Å². The molecule has 56 valence electrons. The van der Waals surface area contributed by atoms with E-state index in [2.05, 4.69) is 0 Å². The van der Waals surface area contributed by atoms with E-state index in [4.69, 9.17) is 34.3 Å². The van der Waals surface area contributed by atoms with Crippen molar-refractivity contribution < 1.29 is 53.1 Å². The molecule has 7 nitrogen and oxygen atoms in total. The van der Waals surface area contributed by atoms with Gasteiger partial charge in [0.25, 0.3) is 0 Å². The van der Waals surface area contributed by atoms with Gasteiger partial charge in [-0.25, -0.2) is 4.57 Å². The Hall–Kier alpha value is -0.0226. The van der Waals surface area contributed by atoms with Crippen LogP contribution in [0.3, 0.4) is 0 Å². The molecule has 0 saturated carbocycles. The van der Waals surface area contributed by atoms with E-state index in [9.17, 15) is 0 Å². The van der Waals surface area contributed by atoms with Crippen LogP contribution < -0.4 is 24.0 Å². The third-order valence-corrected chi connectivity index (χ3v) is 0. The second-order valence-corrected chi connectivity index (χ2v) is 1.81. The maximum absolute atomic E-state index is 8.88. The van der Waals surface area contributed by atoms with E-state index in [-0.39, 0.29) is 18.9 Å². The molecule has 0 aliphatic carbocycles. The zero-order chi connectivity index (χ0) is 8.08. The van der Waals surface area contributed by atoms with Crippen molar-refractivity contribution in [3.8, 4) is 0 Å². The molecule has 0 aromatic rings. The predicted octanol–water partition coefficient (Wildman–Crippen LogP) is -5.04. The molecule has 0 atom stereocenters. The summed E-state index contributed by atoms with van der Waals surface area (Å²) in [6.07, 6.45) is -2.08. The van der Waals surface area contributed by atoms with E-state index < -0.39 is 14.0 Å². The average molecular weight is 166 g/mol. The zero-order valence-electron chi connectivity index (χ0n) is 4.96. The van der Waals surface area contributed by atoms with Crippen LogP contribution in [0.25, 0.3) is 0 Å². The third-order valence-electron chi connectivity index (χ3n) is 0. The molecule has 0 saturated heterocycles. The molecule has 10 heavy (non-hydrogen) atoms. The molecular formula is CH4LiO7P. The number of hydrogen-bond donors (Lipinski definition) is 4. The van der Waals surface area contributed by atoms with E-state index >= 15 is 0 Å². The SMILES string of the molecule is O=C([O-])O.O=P(O)(O)O.[Li+]. The quantitative estimate of drug-likeness (QED) is 0.208. The van der Waals surface area contributed by atoms with E-state index in [0.29, 0.717) is 0 Å². The number of carboxylic acid groups (broad SMARTS) is 2. The zero-order valence-corrected chi connectivity index (χ0v) is 5.86. The van der Waals surface area contributed by atoms with Gasteiger partial charge in [0, 0.05) is 0 Å². The van der Waals surface area contributed by atoms with Gasteiger partial charge >= 0.3 is 26.7 Å². The molecule has 4 N–H and O–H groups in total. The summed E-state index contributed by atoms with van der Waals surface area (Å²) >= 11 is 0. The number of phosphoric acid groups is 1. The Morgan fingerprint density at radius 2 is 1.30 bits per heavy atom. The van der Waals surface area contributed by atoms with Gasteiger partial charge in [-0.3, -0.25) is 0 Å². The molecule has 0 amide bonds. The minimum absolute atomic E-state index is 0. The summed E-state index contributed by atoms with van der Waals surface area (Å²) in [5.41, 5.74) is 0. The Labute approximate surface area is 67.7 Å². The van der Waals surface area contributed by atoms with Crippen molar-refractivity contribution >= 4 is 14.0 Å². The summed E-state index contributed by atoms with van der Waals surface area (Å²) in [7, 11) is -4.64. The monoisotopic (exact) mass is 166 g/mol. The standard InChI is InChI=1S/CH2O3.Li.H3O4P/c2-1(3)4;;1-5(2,3)4/h(H2,2,3,4);;(H3,1,2,3,4)/q;+1;/p-1. The smallest absolute Gasteiger partial charge is 0.565 e. The first kappa shape index (κ1) is 16.5. The van der Waals surface area contributed by atoms with Crippen LogP contribution in [0, 0.1) is 0 Å². The molecule has 0 spiro atoms. The molecular weight excluding hydrogens is 162 g/mol. The first-order valence-electron chi connectivity index (χ1n) is 1.41. The van der Waals surface area contributed by atoms with Crippen LogP contribution in [-0.2, 0) is 4.57 Å². The van der Waals surface area contributed by atoms with Crippen molar-refractivity contribution in [2.45, 2.75) is 0 Å². The average Bonchev–Trinajstić information content (AvgIpc) is 1.19. The number of hydrogen-bond acceptors (Lipinski definition) is 3. The summed E-state index contributed by atoms with van der Waals surface area (Å²) in [5.74, 6) is 0. The fourth-order valence-electron chi connectivity index (χ4n) is 0. The molecule has 0 aliphatic heterocycles. The van der Waals surface area contributed by atoms with E-state index in [1.807, 2.05) is 0 Å². The van der Waals surface area contributed by atoms with Gasteiger partial charge in [-0.2, -0.15) is 0 Å². The third kappa shape index (κ3) is 761000. The molecule has 0 rings (SSSR count). The Morgan fingerprint density at radius 1 is 1.30 bits per heavy atom. The molecule has 0 heterocycles. The normalized spacial score (nSPS) is 8.30. The number of rotatable bonds is 0. The van der Waals surface area contributed by atoms with Crippen molar-refractivity contribution in [3.63, 3.8) is 0 Å². The van der Waals surface area contributed by atoms with Crippen LogP contribution in [0.2, 0.25) is 0 Å². The Kier molecular flexibility index (Phi) is 11.7. The van der Waals surface area contributed by atoms with Gasteiger partial charge in [-0.1, -0.05) is 0 Å². The van der Waals surface area contributed by atoms with Crippen molar-refractivity contribution in [1.29, 1.82) is 0 Å². The van der Waals surface area contributed by atoms with E-state index in [0.717, 1.165) is 0 Å². The summed E-state index contributed by atoms with van der Waals surface area (Å²) in [6, 6.07) is 0. The largest absolute Gasteiger partial charge is 1.00 e.